The van der Waals surface area contributed by atoms with Crippen molar-refractivity contribution in [2.45, 2.75) is 26.7 Å². The fourth-order valence-electron chi connectivity index (χ4n) is 2.30. The topological polar surface area (TPSA) is 55.1 Å². The van der Waals surface area contributed by atoms with Gasteiger partial charge in [0.25, 0.3) is 5.91 Å². The molecule has 4 heteroatoms. The Morgan fingerprint density at radius 1 is 1.19 bits per heavy atom. The lowest BCUT2D eigenvalue weighted by Crippen LogP contribution is -2.17. The molecule has 21 heavy (non-hydrogen) atoms. The van der Waals surface area contributed by atoms with Crippen LogP contribution in [0.1, 0.15) is 41.3 Å². The van der Waals surface area contributed by atoms with Crippen molar-refractivity contribution in [1.82, 2.24) is 0 Å². The molecule has 0 spiro atoms. The predicted molar refractivity (Wildman–Crippen MR) is 89.1 cm³/mol. The molecule has 0 radical (unpaired) electrons. The number of rotatable bonds is 3. The van der Waals surface area contributed by atoms with E-state index >= 15 is 0 Å². The zero-order valence-electron chi connectivity index (χ0n) is 12.4. The van der Waals surface area contributed by atoms with E-state index in [0.717, 1.165) is 16.8 Å². The lowest BCUT2D eigenvalue weighted by Gasteiger charge is -2.17. The van der Waals surface area contributed by atoms with Crippen LogP contribution in [0, 0.1) is 6.92 Å². The van der Waals surface area contributed by atoms with Gasteiger partial charge >= 0.3 is 0 Å². The van der Waals surface area contributed by atoms with Crippen LogP contribution in [0.5, 0.6) is 0 Å². The number of carbonyl (C=O) groups is 1. The van der Waals surface area contributed by atoms with Crippen LogP contribution in [0.3, 0.4) is 0 Å². The number of hydrogen-bond donors (Lipinski definition) is 2. The van der Waals surface area contributed by atoms with Gasteiger partial charge in [0.05, 0.1) is 10.6 Å². The number of nitrogen functional groups attached to an aromatic ring is 1. The monoisotopic (exact) mass is 302 g/mol. The van der Waals surface area contributed by atoms with E-state index in [-0.39, 0.29) is 5.91 Å². The summed E-state index contributed by atoms with van der Waals surface area (Å²) in [4.78, 5) is 12.5. The SMILES string of the molecule is Cc1cccc(C(C)C)c1NC(=O)c1c(N)cccc1Cl. The number of nitrogens with one attached hydrogen (secondary N) is 1. The molecular formula is C17H19ClN2O. The second-order valence-corrected chi connectivity index (χ2v) is 5.76. The fourth-order valence-corrected chi connectivity index (χ4v) is 2.57. The first-order chi connectivity index (χ1) is 9.91. The van der Waals surface area contributed by atoms with Gasteiger partial charge in [0.2, 0.25) is 0 Å². The Balaban J connectivity index is 2.41. The minimum absolute atomic E-state index is 0.283. The number of carbonyl (C=O) groups excluding carboxylic acids is 1. The van der Waals surface area contributed by atoms with Crippen molar-refractivity contribution in [1.29, 1.82) is 0 Å². The van der Waals surface area contributed by atoms with Crippen LogP contribution in [-0.4, -0.2) is 5.91 Å². The van der Waals surface area contributed by atoms with E-state index in [2.05, 4.69) is 19.2 Å². The van der Waals surface area contributed by atoms with Crippen LogP contribution in [-0.2, 0) is 0 Å². The number of nitrogens with two attached hydrogens (primary N) is 1. The van der Waals surface area contributed by atoms with Crippen LogP contribution in [0.15, 0.2) is 36.4 Å². The van der Waals surface area contributed by atoms with Crippen LogP contribution >= 0.6 is 11.6 Å². The lowest BCUT2D eigenvalue weighted by molar-refractivity contribution is 0.102. The molecule has 0 saturated carbocycles. The molecule has 0 aliphatic carbocycles. The van der Waals surface area contributed by atoms with E-state index in [9.17, 15) is 4.79 Å². The summed E-state index contributed by atoms with van der Waals surface area (Å²) >= 11 is 6.09. The van der Waals surface area contributed by atoms with Crippen molar-refractivity contribution in [2.75, 3.05) is 11.1 Å². The van der Waals surface area contributed by atoms with Crippen molar-refractivity contribution in [3.05, 3.63) is 58.1 Å². The third-order valence-electron chi connectivity index (χ3n) is 3.44. The Morgan fingerprint density at radius 3 is 2.48 bits per heavy atom. The summed E-state index contributed by atoms with van der Waals surface area (Å²) in [5.41, 5.74) is 9.49. The van der Waals surface area contributed by atoms with E-state index in [1.54, 1.807) is 18.2 Å². The number of benzene rings is 2. The third kappa shape index (κ3) is 3.19. The van der Waals surface area contributed by atoms with Gasteiger partial charge in [-0.25, -0.2) is 0 Å². The Hall–Kier alpha value is -2.00. The van der Waals surface area contributed by atoms with E-state index in [0.29, 0.717) is 22.2 Å². The van der Waals surface area contributed by atoms with E-state index in [1.807, 2.05) is 25.1 Å². The molecule has 0 heterocycles. The first-order valence-corrected chi connectivity index (χ1v) is 7.24. The van der Waals surface area contributed by atoms with Gasteiger partial charge in [-0.15, -0.1) is 0 Å². The van der Waals surface area contributed by atoms with Crippen molar-refractivity contribution < 1.29 is 4.79 Å². The minimum Gasteiger partial charge on any atom is -0.398 e. The van der Waals surface area contributed by atoms with Crippen molar-refractivity contribution >= 4 is 28.9 Å². The fraction of sp³-hybridized carbons (Fsp3) is 0.235. The molecule has 3 N–H and O–H groups in total. The number of hydrogen-bond acceptors (Lipinski definition) is 2. The Labute approximate surface area is 130 Å². The smallest absolute Gasteiger partial charge is 0.259 e. The summed E-state index contributed by atoms with van der Waals surface area (Å²) in [5.74, 6) is 0.0260. The summed E-state index contributed by atoms with van der Waals surface area (Å²) in [6.45, 7) is 6.15. The van der Waals surface area contributed by atoms with Crippen molar-refractivity contribution in [2.24, 2.45) is 0 Å². The Morgan fingerprint density at radius 2 is 1.86 bits per heavy atom. The summed E-state index contributed by atoms with van der Waals surface area (Å²) in [5, 5.41) is 3.31. The second-order valence-electron chi connectivity index (χ2n) is 5.35. The van der Waals surface area contributed by atoms with E-state index in [4.69, 9.17) is 17.3 Å². The van der Waals surface area contributed by atoms with Gasteiger partial charge in [0, 0.05) is 11.4 Å². The van der Waals surface area contributed by atoms with Gasteiger partial charge < -0.3 is 11.1 Å². The molecule has 1 amide bonds. The molecule has 2 aromatic rings. The second kappa shape index (κ2) is 6.19. The Kier molecular flexibility index (Phi) is 4.53. The quantitative estimate of drug-likeness (QED) is 0.814. The highest BCUT2D eigenvalue weighted by molar-refractivity contribution is 6.35. The normalized spacial score (nSPS) is 10.7. The molecule has 0 atom stereocenters. The first kappa shape index (κ1) is 15.4. The van der Waals surface area contributed by atoms with Crippen molar-refractivity contribution in [3.8, 4) is 0 Å². The molecule has 0 bridgehead atoms. The molecule has 0 aliphatic rings. The third-order valence-corrected chi connectivity index (χ3v) is 3.75. The number of anilines is 2. The van der Waals surface area contributed by atoms with Gasteiger partial charge in [-0.05, 0) is 36.1 Å². The maximum atomic E-state index is 12.5. The lowest BCUT2D eigenvalue weighted by atomic mass is 9.98. The Bertz CT molecular complexity index is 660. The van der Waals surface area contributed by atoms with Crippen LogP contribution in [0.2, 0.25) is 5.02 Å². The summed E-state index contributed by atoms with van der Waals surface area (Å²) in [7, 11) is 0. The number of aryl methyl sites for hydroxylation is 1. The summed E-state index contributed by atoms with van der Waals surface area (Å²) < 4.78 is 0. The van der Waals surface area contributed by atoms with Gasteiger partial charge in [-0.3, -0.25) is 4.79 Å². The zero-order valence-corrected chi connectivity index (χ0v) is 13.2. The predicted octanol–water partition coefficient (Wildman–Crippen LogP) is 4.61. The molecule has 0 aromatic heterocycles. The summed E-state index contributed by atoms with van der Waals surface area (Å²) in [6, 6.07) is 11.0. The maximum absolute atomic E-state index is 12.5. The molecule has 0 aliphatic heterocycles. The van der Waals surface area contributed by atoms with Gasteiger partial charge in [0.15, 0.2) is 0 Å². The average molecular weight is 303 g/mol. The summed E-state index contributed by atoms with van der Waals surface area (Å²) in [6.07, 6.45) is 0. The first-order valence-electron chi connectivity index (χ1n) is 6.86. The molecule has 0 saturated heterocycles. The highest BCUT2D eigenvalue weighted by Crippen LogP contribution is 2.29. The van der Waals surface area contributed by atoms with E-state index < -0.39 is 0 Å². The minimum atomic E-state index is -0.283. The highest BCUT2D eigenvalue weighted by atomic mass is 35.5. The van der Waals surface area contributed by atoms with Crippen LogP contribution in [0.4, 0.5) is 11.4 Å². The molecule has 2 rings (SSSR count). The van der Waals surface area contributed by atoms with E-state index in [1.165, 1.54) is 0 Å². The maximum Gasteiger partial charge on any atom is 0.259 e. The van der Waals surface area contributed by atoms with Crippen LogP contribution in [0.25, 0.3) is 0 Å². The van der Waals surface area contributed by atoms with Crippen LogP contribution < -0.4 is 11.1 Å². The van der Waals surface area contributed by atoms with Crippen molar-refractivity contribution in [3.63, 3.8) is 0 Å². The molecule has 2 aromatic carbocycles. The largest absolute Gasteiger partial charge is 0.398 e. The highest BCUT2D eigenvalue weighted by Gasteiger charge is 2.17. The molecule has 3 nitrogen and oxygen atoms in total. The molecule has 110 valence electrons. The molecular weight excluding hydrogens is 284 g/mol. The molecule has 0 unspecified atom stereocenters. The number of amides is 1. The zero-order chi connectivity index (χ0) is 15.6. The number of halogens is 1. The molecule has 0 fully saturated rings. The number of para-hydroxylation sites is 1. The average Bonchev–Trinajstić information content (AvgIpc) is 2.40. The van der Waals surface area contributed by atoms with Gasteiger partial charge in [-0.1, -0.05) is 49.7 Å². The van der Waals surface area contributed by atoms with Gasteiger partial charge in [0.1, 0.15) is 0 Å². The standard InChI is InChI=1S/C17H19ClN2O/c1-10(2)12-7-4-6-11(3)16(12)20-17(21)15-13(18)8-5-9-14(15)19/h4-10H,19H2,1-3H3,(H,20,21). The van der Waals surface area contributed by atoms with Gasteiger partial charge in [-0.2, -0.15) is 0 Å².